The third kappa shape index (κ3) is 3.79. The van der Waals surface area contributed by atoms with Crippen LogP contribution in [-0.2, 0) is 9.53 Å². The molecule has 1 N–H and O–H groups in total. The quantitative estimate of drug-likeness (QED) is 0.517. The van der Waals surface area contributed by atoms with Crippen molar-refractivity contribution >= 4 is 23.4 Å². The van der Waals surface area contributed by atoms with Crippen LogP contribution in [0.4, 0.5) is 11.4 Å². The molecule has 1 fully saturated rings. The molecule has 7 nitrogen and oxygen atoms in total. The molecular formula is C14H16N2O5. The highest BCUT2D eigenvalue weighted by atomic mass is 16.6. The number of carboxylic acids is 1. The van der Waals surface area contributed by atoms with Crippen molar-refractivity contribution in [3.63, 3.8) is 0 Å². The van der Waals surface area contributed by atoms with Crippen molar-refractivity contribution in [1.29, 1.82) is 0 Å². The number of rotatable bonds is 4. The van der Waals surface area contributed by atoms with Gasteiger partial charge in [0.25, 0.3) is 5.69 Å². The normalized spacial score (nSPS) is 18.9. The Balaban J connectivity index is 2.33. The van der Waals surface area contributed by atoms with Crippen LogP contribution in [0, 0.1) is 10.1 Å². The summed E-state index contributed by atoms with van der Waals surface area (Å²) in [5.74, 6) is -1.09. The molecule has 1 unspecified atom stereocenters. The van der Waals surface area contributed by atoms with Crippen LogP contribution in [0.1, 0.15) is 12.5 Å². The van der Waals surface area contributed by atoms with E-state index in [2.05, 4.69) is 0 Å². The average Bonchev–Trinajstić information content (AvgIpc) is 2.44. The van der Waals surface area contributed by atoms with Crippen LogP contribution in [-0.4, -0.2) is 41.8 Å². The van der Waals surface area contributed by atoms with Crippen LogP contribution < -0.4 is 4.90 Å². The lowest BCUT2D eigenvalue weighted by molar-refractivity contribution is -0.384. The van der Waals surface area contributed by atoms with Gasteiger partial charge < -0.3 is 14.7 Å². The second-order valence-electron chi connectivity index (χ2n) is 4.80. The number of carbonyl (C=O) groups is 1. The second-order valence-corrected chi connectivity index (χ2v) is 4.80. The Hall–Kier alpha value is -2.41. The zero-order chi connectivity index (χ0) is 15.4. The number of nitrogens with zero attached hydrogens (tertiary/aromatic N) is 2. The Morgan fingerprint density at radius 1 is 1.57 bits per heavy atom. The molecule has 0 bridgehead atoms. The molecule has 1 saturated heterocycles. The number of hydrogen-bond acceptors (Lipinski definition) is 5. The minimum atomic E-state index is -1.09. The largest absolute Gasteiger partial charge is 0.478 e. The van der Waals surface area contributed by atoms with Gasteiger partial charge in [0, 0.05) is 25.2 Å². The van der Waals surface area contributed by atoms with E-state index in [4.69, 9.17) is 9.84 Å². The predicted molar refractivity (Wildman–Crippen MR) is 77.4 cm³/mol. The summed E-state index contributed by atoms with van der Waals surface area (Å²) < 4.78 is 5.43. The first-order chi connectivity index (χ1) is 9.97. The number of nitro groups is 1. The predicted octanol–water partition coefficient (Wildman–Crippen LogP) is 1.92. The monoisotopic (exact) mass is 292 g/mol. The molecular weight excluding hydrogens is 276 g/mol. The fourth-order valence-corrected chi connectivity index (χ4v) is 2.26. The Kier molecular flexibility index (Phi) is 4.54. The van der Waals surface area contributed by atoms with Crippen molar-refractivity contribution in [2.24, 2.45) is 0 Å². The molecule has 1 aromatic rings. The summed E-state index contributed by atoms with van der Waals surface area (Å²) in [6.45, 7) is 3.63. The molecule has 112 valence electrons. The van der Waals surface area contributed by atoms with E-state index in [0.717, 1.165) is 6.08 Å². The molecule has 1 aromatic carbocycles. The summed E-state index contributed by atoms with van der Waals surface area (Å²) in [4.78, 5) is 23.2. The number of morpholine rings is 1. The van der Waals surface area contributed by atoms with E-state index in [0.29, 0.717) is 30.9 Å². The number of carboxylic acid groups (broad SMARTS) is 1. The van der Waals surface area contributed by atoms with Gasteiger partial charge in [0.15, 0.2) is 0 Å². The lowest BCUT2D eigenvalue weighted by Gasteiger charge is -2.32. The Labute approximate surface area is 121 Å². The molecule has 1 atom stereocenters. The fourth-order valence-electron chi connectivity index (χ4n) is 2.26. The maximum absolute atomic E-state index is 11.2. The molecule has 2 rings (SSSR count). The molecule has 0 spiro atoms. The van der Waals surface area contributed by atoms with Crippen molar-refractivity contribution < 1.29 is 19.6 Å². The lowest BCUT2D eigenvalue weighted by Crippen LogP contribution is -2.41. The third-order valence-corrected chi connectivity index (χ3v) is 3.20. The number of ether oxygens (including phenoxy) is 1. The van der Waals surface area contributed by atoms with E-state index in [1.54, 1.807) is 12.1 Å². The van der Waals surface area contributed by atoms with Crippen molar-refractivity contribution in [1.82, 2.24) is 0 Å². The highest BCUT2D eigenvalue weighted by Gasteiger charge is 2.24. The van der Waals surface area contributed by atoms with Crippen LogP contribution in [0.15, 0.2) is 24.3 Å². The zero-order valence-electron chi connectivity index (χ0n) is 11.6. The van der Waals surface area contributed by atoms with Crippen LogP contribution in [0.25, 0.3) is 6.08 Å². The van der Waals surface area contributed by atoms with E-state index in [1.807, 2.05) is 11.8 Å². The number of aliphatic carboxylic acids is 1. The molecule has 1 aliphatic heterocycles. The third-order valence-electron chi connectivity index (χ3n) is 3.20. The van der Waals surface area contributed by atoms with Gasteiger partial charge in [0.05, 0.1) is 17.6 Å². The molecule has 7 heteroatoms. The summed E-state index contributed by atoms with van der Waals surface area (Å²) in [6, 6.07) is 4.70. The lowest BCUT2D eigenvalue weighted by atomic mass is 10.1. The molecule has 0 aromatic heterocycles. The maximum atomic E-state index is 11.2. The highest BCUT2D eigenvalue weighted by Crippen LogP contribution is 2.30. The summed E-state index contributed by atoms with van der Waals surface area (Å²) >= 11 is 0. The van der Waals surface area contributed by atoms with Gasteiger partial charge in [0.1, 0.15) is 5.69 Å². The number of hydrogen-bond donors (Lipinski definition) is 1. The Morgan fingerprint density at radius 3 is 2.95 bits per heavy atom. The topological polar surface area (TPSA) is 92.9 Å². The Bertz CT molecular complexity index is 585. The van der Waals surface area contributed by atoms with E-state index in [9.17, 15) is 14.9 Å². The first-order valence-electron chi connectivity index (χ1n) is 6.53. The van der Waals surface area contributed by atoms with Gasteiger partial charge in [-0.25, -0.2) is 4.79 Å². The SMILES string of the molecule is CC1CN(c2ccc(/C=C/C(=O)O)cc2[N+](=O)[O-])CCO1. The van der Waals surface area contributed by atoms with Crippen LogP contribution in [0.2, 0.25) is 0 Å². The van der Waals surface area contributed by atoms with E-state index >= 15 is 0 Å². The summed E-state index contributed by atoms with van der Waals surface area (Å²) in [7, 11) is 0. The van der Waals surface area contributed by atoms with E-state index < -0.39 is 10.9 Å². The molecule has 0 radical (unpaired) electrons. The molecule has 0 aliphatic carbocycles. The van der Waals surface area contributed by atoms with Gasteiger partial charge in [0.2, 0.25) is 0 Å². The second kappa shape index (κ2) is 6.36. The number of nitro benzene ring substituents is 1. The zero-order valence-corrected chi connectivity index (χ0v) is 11.6. The smallest absolute Gasteiger partial charge is 0.328 e. The summed E-state index contributed by atoms with van der Waals surface area (Å²) in [5.41, 5.74) is 0.980. The highest BCUT2D eigenvalue weighted by molar-refractivity contribution is 5.85. The van der Waals surface area contributed by atoms with Crippen LogP contribution in [0.5, 0.6) is 0 Å². The molecule has 0 amide bonds. The van der Waals surface area contributed by atoms with Gasteiger partial charge in [-0.1, -0.05) is 6.07 Å². The maximum Gasteiger partial charge on any atom is 0.328 e. The Morgan fingerprint density at radius 2 is 2.33 bits per heavy atom. The van der Waals surface area contributed by atoms with Gasteiger partial charge in [-0.05, 0) is 24.6 Å². The van der Waals surface area contributed by atoms with E-state index in [1.165, 1.54) is 12.1 Å². The molecule has 1 aliphatic rings. The van der Waals surface area contributed by atoms with Gasteiger partial charge in [-0.3, -0.25) is 10.1 Å². The standard InChI is InChI=1S/C14H16N2O5/c1-10-9-15(6-7-21-10)12-4-2-11(3-5-14(17)18)8-13(12)16(19)20/h2-5,8,10H,6-7,9H2,1H3,(H,17,18)/b5-3+. The van der Waals surface area contributed by atoms with Crippen LogP contribution in [0.3, 0.4) is 0 Å². The molecule has 1 heterocycles. The number of anilines is 1. The summed E-state index contributed by atoms with van der Waals surface area (Å²) in [6.07, 6.45) is 2.31. The fraction of sp³-hybridized carbons (Fsp3) is 0.357. The van der Waals surface area contributed by atoms with Crippen molar-refractivity contribution in [2.75, 3.05) is 24.6 Å². The molecule has 0 saturated carbocycles. The van der Waals surface area contributed by atoms with Crippen LogP contribution >= 0.6 is 0 Å². The average molecular weight is 292 g/mol. The van der Waals surface area contributed by atoms with Gasteiger partial charge in [-0.15, -0.1) is 0 Å². The van der Waals surface area contributed by atoms with Crippen molar-refractivity contribution in [3.05, 3.63) is 40.0 Å². The minimum Gasteiger partial charge on any atom is -0.478 e. The van der Waals surface area contributed by atoms with Gasteiger partial charge >= 0.3 is 5.97 Å². The number of benzene rings is 1. The van der Waals surface area contributed by atoms with Gasteiger partial charge in [-0.2, -0.15) is 0 Å². The summed E-state index contributed by atoms with van der Waals surface area (Å²) in [5, 5.41) is 19.8. The minimum absolute atomic E-state index is 0.0185. The molecule has 21 heavy (non-hydrogen) atoms. The van der Waals surface area contributed by atoms with Crippen molar-refractivity contribution in [2.45, 2.75) is 13.0 Å². The van der Waals surface area contributed by atoms with E-state index in [-0.39, 0.29) is 11.8 Å². The van der Waals surface area contributed by atoms with Crippen molar-refractivity contribution in [3.8, 4) is 0 Å². The first-order valence-corrected chi connectivity index (χ1v) is 6.53. The first kappa shape index (κ1) is 15.0.